The summed E-state index contributed by atoms with van der Waals surface area (Å²) in [4.78, 5) is 26.7. The number of carbonyl (C=O) groups is 1. The van der Waals surface area contributed by atoms with Crippen molar-refractivity contribution in [3.8, 4) is 5.75 Å². The summed E-state index contributed by atoms with van der Waals surface area (Å²) in [7, 11) is -2.50. The number of benzene rings is 3. The number of amides is 1. The van der Waals surface area contributed by atoms with Gasteiger partial charge in [-0.25, -0.2) is 8.42 Å². The van der Waals surface area contributed by atoms with Crippen LogP contribution < -0.4 is 21.2 Å². The summed E-state index contributed by atoms with van der Waals surface area (Å²) < 4.78 is 50.4. The number of nitrogen functional groups attached to an aromatic ring is 1. The SMILES string of the molecule is COc1ccc(S(=O)(=O)N(CCO)CCO[C@@H]2C[C@H](c3coc4ccccc4c3=O)C=C(C(=O)Nc3ccccc3N)O2)cc1. The van der Waals surface area contributed by atoms with Crippen LogP contribution in [0.25, 0.3) is 11.0 Å². The van der Waals surface area contributed by atoms with Crippen LogP contribution >= 0.6 is 0 Å². The molecule has 12 nitrogen and oxygen atoms in total. The number of aliphatic hydroxyl groups excluding tert-OH is 1. The molecule has 2 atom stereocenters. The van der Waals surface area contributed by atoms with Crippen molar-refractivity contribution in [2.45, 2.75) is 23.5 Å². The quantitative estimate of drug-likeness (QED) is 0.196. The Morgan fingerprint density at radius 1 is 1.07 bits per heavy atom. The van der Waals surface area contributed by atoms with Crippen LogP contribution in [0.1, 0.15) is 17.9 Å². The van der Waals surface area contributed by atoms with Gasteiger partial charge in [0, 0.05) is 31.0 Å². The zero-order valence-electron chi connectivity index (χ0n) is 24.4. The Morgan fingerprint density at radius 3 is 2.53 bits per heavy atom. The van der Waals surface area contributed by atoms with E-state index in [2.05, 4.69) is 5.32 Å². The number of hydrogen-bond acceptors (Lipinski definition) is 10. The molecule has 1 aromatic heterocycles. The Balaban J connectivity index is 1.37. The van der Waals surface area contributed by atoms with Crippen molar-refractivity contribution in [1.29, 1.82) is 0 Å². The van der Waals surface area contributed by atoms with E-state index in [0.29, 0.717) is 33.7 Å². The van der Waals surface area contributed by atoms with Crippen LogP contribution in [-0.4, -0.2) is 63.4 Å². The molecular weight excluding hydrogens is 602 g/mol. The lowest BCUT2D eigenvalue weighted by Gasteiger charge is -2.30. The predicted molar refractivity (Wildman–Crippen MR) is 167 cm³/mol. The summed E-state index contributed by atoms with van der Waals surface area (Å²) >= 11 is 0. The van der Waals surface area contributed by atoms with E-state index in [1.807, 2.05) is 0 Å². The molecule has 0 saturated heterocycles. The fourth-order valence-corrected chi connectivity index (χ4v) is 6.34. The second-order valence-corrected chi connectivity index (χ2v) is 12.1. The number of hydrogen-bond donors (Lipinski definition) is 3. The van der Waals surface area contributed by atoms with Crippen LogP contribution in [0.4, 0.5) is 11.4 Å². The number of sulfonamides is 1. The molecule has 0 fully saturated rings. The van der Waals surface area contributed by atoms with E-state index in [0.717, 1.165) is 4.31 Å². The van der Waals surface area contributed by atoms with Gasteiger partial charge in [0.2, 0.25) is 16.3 Å². The molecule has 1 amide bonds. The highest BCUT2D eigenvalue weighted by atomic mass is 32.2. The zero-order chi connectivity index (χ0) is 32.0. The highest BCUT2D eigenvalue weighted by molar-refractivity contribution is 7.89. The minimum Gasteiger partial charge on any atom is -0.497 e. The van der Waals surface area contributed by atoms with Crippen molar-refractivity contribution in [1.82, 2.24) is 4.31 Å². The van der Waals surface area contributed by atoms with Gasteiger partial charge in [-0.05, 0) is 54.6 Å². The molecule has 0 saturated carbocycles. The lowest BCUT2D eigenvalue weighted by atomic mass is 9.93. The number of allylic oxidation sites excluding steroid dienone is 1. The molecule has 236 valence electrons. The fraction of sp³-hybridized carbons (Fsp3) is 0.250. The molecule has 1 aliphatic heterocycles. The zero-order valence-corrected chi connectivity index (χ0v) is 25.2. The van der Waals surface area contributed by atoms with E-state index in [-0.39, 0.29) is 42.2 Å². The molecule has 0 bridgehead atoms. The molecule has 13 heteroatoms. The Bertz CT molecular complexity index is 1860. The number of anilines is 2. The highest BCUT2D eigenvalue weighted by Gasteiger charge is 2.32. The van der Waals surface area contributed by atoms with Crippen LogP contribution in [0.15, 0.2) is 105 Å². The number of carbonyl (C=O) groups excluding carboxylic acids is 1. The predicted octanol–water partition coefficient (Wildman–Crippen LogP) is 3.44. The third-order valence-corrected chi connectivity index (χ3v) is 9.20. The third kappa shape index (κ3) is 7.18. The first-order chi connectivity index (χ1) is 21.7. The number of fused-ring (bicyclic) bond motifs is 1. The van der Waals surface area contributed by atoms with Crippen molar-refractivity contribution in [3.05, 3.63) is 107 Å². The minimum absolute atomic E-state index is 0.0239. The fourth-order valence-electron chi connectivity index (χ4n) is 4.93. The summed E-state index contributed by atoms with van der Waals surface area (Å²) in [5, 5.41) is 12.7. The van der Waals surface area contributed by atoms with Crippen LogP contribution in [0.3, 0.4) is 0 Å². The summed E-state index contributed by atoms with van der Waals surface area (Å²) in [6.45, 7) is -0.843. The second kappa shape index (κ2) is 13.9. The van der Waals surface area contributed by atoms with E-state index in [1.165, 1.54) is 43.7 Å². The van der Waals surface area contributed by atoms with Gasteiger partial charge in [-0.1, -0.05) is 24.3 Å². The number of nitrogens with one attached hydrogen (secondary N) is 1. The van der Waals surface area contributed by atoms with E-state index in [1.54, 1.807) is 48.5 Å². The van der Waals surface area contributed by atoms with Gasteiger partial charge in [-0.15, -0.1) is 0 Å². The van der Waals surface area contributed by atoms with Gasteiger partial charge in [0.05, 0.1) is 48.2 Å². The van der Waals surface area contributed by atoms with Crippen molar-refractivity contribution in [2.75, 3.05) is 44.5 Å². The standard InChI is InChI=1S/C32H33N3O9S/c1-41-22-10-12-23(13-11-22)45(39,40)35(14-16-36)15-17-42-30-19-21(25-20-43-28-9-5-2-6-24(28)31(25)37)18-29(44-30)32(38)34-27-8-4-3-7-26(27)33/h2-13,18,20-21,30,36H,14-17,19,33H2,1H3,(H,34,38)/t21-,30+/m1/s1. The molecule has 3 aromatic carbocycles. The van der Waals surface area contributed by atoms with Crippen molar-refractivity contribution in [3.63, 3.8) is 0 Å². The molecule has 0 radical (unpaired) electrons. The first-order valence-electron chi connectivity index (χ1n) is 14.1. The maximum Gasteiger partial charge on any atom is 0.290 e. The van der Waals surface area contributed by atoms with E-state index >= 15 is 0 Å². The first kappa shape index (κ1) is 31.7. The van der Waals surface area contributed by atoms with E-state index < -0.39 is 34.7 Å². The molecule has 45 heavy (non-hydrogen) atoms. The monoisotopic (exact) mass is 635 g/mol. The van der Waals surface area contributed by atoms with Crippen LogP contribution in [0, 0.1) is 0 Å². The normalized spacial score (nSPS) is 16.6. The maximum absolute atomic E-state index is 13.4. The summed E-state index contributed by atoms with van der Waals surface area (Å²) in [5.41, 5.74) is 7.19. The van der Waals surface area contributed by atoms with Crippen molar-refractivity contribution >= 4 is 38.3 Å². The summed E-state index contributed by atoms with van der Waals surface area (Å²) in [6.07, 6.45) is 2.00. The molecule has 2 heterocycles. The van der Waals surface area contributed by atoms with E-state index in [9.17, 15) is 23.1 Å². The second-order valence-electron chi connectivity index (χ2n) is 10.2. The summed E-state index contributed by atoms with van der Waals surface area (Å²) in [5.74, 6) is -0.848. The summed E-state index contributed by atoms with van der Waals surface area (Å²) in [6, 6.07) is 19.5. The van der Waals surface area contributed by atoms with E-state index in [4.69, 9.17) is 24.4 Å². The number of rotatable bonds is 12. The van der Waals surface area contributed by atoms with Crippen LogP contribution in [0.5, 0.6) is 5.75 Å². The number of ether oxygens (including phenoxy) is 3. The largest absolute Gasteiger partial charge is 0.497 e. The minimum atomic E-state index is -3.98. The van der Waals surface area contributed by atoms with Crippen LogP contribution in [0.2, 0.25) is 0 Å². The molecule has 5 rings (SSSR count). The molecule has 4 N–H and O–H groups in total. The molecule has 0 unspecified atom stereocenters. The number of nitrogens with zero attached hydrogens (tertiary/aromatic N) is 1. The third-order valence-electron chi connectivity index (χ3n) is 7.29. The smallest absolute Gasteiger partial charge is 0.290 e. The molecule has 0 aliphatic carbocycles. The number of methoxy groups -OCH3 is 1. The maximum atomic E-state index is 13.4. The van der Waals surface area contributed by atoms with Gasteiger partial charge in [0.1, 0.15) is 11.3 Å². The molecule has 4 aromatic rings. The van der Waals surface area contributed by atoms with Gasteiger partial charge in [-0.3, -0.25) is 9.59 Å². The topological polar surface area (TPSA) is 171 Å². The van der Waals surface area contributed by atoms with Gasteiger partial charge >= 0.3 is 0 Å². The van der Waals surface area contributed by atoms with Gasteiger partial charge in [-0.2, -0.15) is 4.31 Å². The highest BCUT2D eigenvalue weighted by Crippen LogP contribution is 2.32. The van der Waals surface area contributed by atoms with Gasteiger partial charge < -0.3 is 34.8 Å². The van der Waals surface area contributed by atoms with Gasteiger partial charge in [0.15, 0.2) is 11.2 Å². The molecular formula is C32H33N3O9S. The Kier molecular flexibility index (Phi) is 9.83. The Hall–Kier alpha value is -4.69. The van der Waals surface area contributed by atoms with Crippen molar-refractivity contribution < 1.29 is 36.9 Å². The number of para-hydroxylation sites is 3. The van der Waals surface area contributed by atoms with Gasteiger partial charge in [0.25, 0.3) is 5.91 Å². The Labute approximate surface area is 259 Å². The Morgan fingerprint density at radius 2 is 1.80 bits per heavy atom. The first-order valence-corrected chi connectivity index (χ1v) is 15.6. The lowest BCUT2D eigenvalue weighted by Crippen LogP contribution is -2.38. The lowest BCUT2D eigenvalue weighted by molar-refractivity contribution is -0.143. The molecule has 1 aliphatic rings. The average Bonchev–Trinajstić information content (AvgIpc) is 3.05. The number of aliphatic hydroxyl groups is 1. The van der Waals surface area contributed by atoms with Crippen LogP contribution in [-0.2, 0) is 24.3 Å². The average molecular weight is 636 g/mol. The van der Waals surface area contributed by atoms with Crippen molar-refractivity contribution in [2.24, 2.45) is 0 Å². The number of nitrogens with two attached hydrogens (primary N) is 1. The molecule has 0 spiro atoms.